The number of fused-ring (bicyclic) bond motifs is 3. The van der Waals surface area contributed by atoms with Crippen molar-refractivity contribution in [3.63, 3.8) is 0 Å². The third-order valence-electron chi connectivity index (χ3n) is 8.60. The molecule has 7 nitrogen and oxygen atoms in total. The predicted molar refractivity (Wildman–Crippen MR) is 143 cm³/mol. The largest absolute Gasteiger partial charge is 0.490 e. The summed E-state index contributed by atoms with van der Waals surface area (Å²) in [5.41, 5.74) is 2.08. The van der Waals surface area contributed by atoms with Crippen LogP contribution in [-0.4, -0.2) is 35.4 Å². The zero-order chi connectivity index (χ0) is 27.2. The number of pyridine rings is 1. The summed E-state index contributed by atoms with van der Waals surface area (Å²) in [7, 11) is 1.27. The first kappa shape index (κ1) is 26.5. The highest BCUT2D eigenvalue weighted by Gasteiger charge is 2.50. The minimum Gasteiger partial charge on any atom is -0.490 e. The van der Waals surface area contributed by atoms with Gasteiger partial charge in [-0.2, -0.15) is 0 Å². The molecule has 0 atom stereocenters. The van der Waals surface area contributed by atoms with Crippen LogP contribution in [0.3, 0.4) is 0 Å². The van der Waals surface area contributed by atoms with Gasteiger partial charge < -0.3 is 18.7 Å². The Hall–Kier alpha value is -2.68. The lowest BCUT2D eigenvalue weighted by Gasteiger charge is -2.52. The molecule has 2 bridgehead atoms. The molecule has 0 unspecified atom stereocenters. The molecule has 4 aliphatic carbocycles. The lowest BCUT2D eigenvalue weighted by Crippen LogP contribution is -2.49. The molecule has 2 heterocycles. The summed E-state index contributed by atoms with van der Waals surface area (Å²) in [5, 5.41) is 5.21. The van der Waals surface area contributed by atoms with Gasteiger partial charge in [-0.05, 0) is 69.6 Å². The number of halogens is 3. The fourth-order valence-electron chi connectivity index (χ4n) is 5.94. The molecule has 3 aromatic rings. The van der Waals surface area contributed by atoms with Crippen LogP contribution in [0.1, 0.15) is 79.0 Å². The van der Waals surface area contributed by atoms with Crippen molar-refractivity contribution in [3.05, 3.63) is 63.3 Å². The zero-order valence-corrected chi connectivity index (χ0v) is 23.1. The molecule has 206 valence electrons. The van der Waals surface area contributed by atoms with Crippen molar-refractivity contribution in [2.75, 3.05) is 13.7 Å². The van der Waals surface area contributed by atoms with Crippen molar-refractivity contribution < 1.29 is 27.9 Å². The van der Waals surface area contributed by atoms with Crippen molar-refractivity contribution in [3.8, 4) is 17.0 Å². The van der Waals surface area contributed by atoms with Gasteiger partial charge in [0.05, 0.1) is 41.5 Å². The average Bonchev–Trinajstić information content (AvgIpc) is 3.71. The Balaban J connectivity index is 1.12. The number of carbonyl (C=O) groups is 1. The average molecular weight is 575 g/mol. The van der Waals surface area contributed by atoms with Crippen molar-refractivity contribution in [2.45, 2.75) is 69.5 Å². The zero-order valence-electron chi connectivity index (χ0n) is 21.6. The van der Waals surface area contributed by atoms with Crippen LogP contribution >= 0.6 is 23.2 Å². The standard InChI is InChI=1S/C29H29Cl2FN2O5/c1-36-27(35)18-4-5-23(22(32)12-18)37-16-28-6-9-29(10-7-28,11-8-28)38-15-19-25(34-39-26(19)17-2-3-17)24-20(30)13-33-14-21(24)31/h4-5,12-14,17H,2-3,6-11,15-16H2,1H3. The molecule has 10 heteroatoms. The summed E-state index contributed by atoms with van der Waals surface area (Å²) < 4.78 is 37.6. The SMILES string of the molecule is COC(=O)c1ccc(OCC23CCC(OCc4c(-c5c(Cl)cncc5Cl)noc4C4CC4)(CC2)CC3)c(F)c1. The highest BCUT2D eigenvalue weighted by Crippen LogP contribution is 2.55. The van der Waals surface area contributed by atoms with Gasteiger partial charge in [-0.15, -0.1) is 0 Å². The number of nitrogens with zero attached hydrogens (tertiary/aromatic N) is 2. The van der Waals surface area contributed by atoms with Gasteiger partial charge in [0.25, 0.3) is 0 Å². The van der Waals surface area contributed by atoms with Crippen LogP contribution in [0.15, 0.2) is 35.1 Å². The van der Waals surface area contributed by atoms with Gasteiger partial charge in [-0.25, -0.2) is 9.18 Å². The smallest absolute Gasteiger partial charge is 0.337 e. The van der Waals surface area contributed by atoms with Crippen LogP contribution in [0, 0.1) is 11.2 Å². The molecule has 4 fully saturated rings. The Bertz CT molecular complexity index is 1360. The van der Waals surface area contributed by atoms with E-state index in [4.69, 9.17) is 37.2 Å². The number of benzene rings is 1. The summed E-state index contributed by atoms with van der Waals surface area (Å²) in [6, 6.07) is 4.16. The van der Waals surface area contributed by atoms with E-state index in [-0.39, 0.29) is 22.3 Å². The molecular formula is C29H29Cl2FN2O5. The molecule has 0 amide bonds. The highest BCUT2D eigenvalue weighted by atomic mass is 35.5. The van der Waals surface area contributed by atoms with E-state index in [2.05, 4.69) is 14.9 Å². The van der Waals surface area contributed by atoms with Crippen LogP contribution in [0.4, 0.5) is 4.39 Å². The molecule has 0 N–H and O–H groups in total. The van der Waals surface area contributed by atoms with Crippen LogP contribution in [-0.2, 0) is 16.1 Å². The molecule has 0 spiro atoms. The third kappa shape index (κ3) is 5.14. The van der Waals surface area contributed by atoms with Gasteiger partial charge in [0.1, 0.15) is 11.5 Å². The molecule has 0 aliphatic heterocycles. The Morgan fingerprint density at radius 1 is 1.10 bits per heavy atom. The van der Waals surface area contributed by atoms with E-state index in [9.17, 15) is 9.18 Å². The minimum absolute atomic E-state index is 0.0157. The van der Waals surface area contributed by atoms with E-state index < -0.39 is 11.8 Å². The number of rotatable bonds is 9. The maximum absolute atomic E-state index is 14.5. The number of esters is 1. The number of carbonyl (C=O) groups excluding carboxylic acids is 1. The van der Waals surface area contributed by atoms with E-state index in [1.807, 2.05) is 0 Å². The summed E-state index contributed by atoms with van der Waals surface area (Å²) in [6.45, 7) is 0.805. The van der Waals surface area contributed by atoms with E-state index >= 15 is 0 Å². The Morgan fingerprint density at radius 3 is 2.41 bits per heavy atom. The number of methoxy groups -OCH3 is 1. The molecule has 2 aromatic heterocycles. The van der Waals surface area contributed by atoms with Gasteiger partial charge in [-0.1, -0.05) is 28.4 Å². The predicted octanol–water partition coefficient (Wildman–Crippen LogP) is 7.54. The van der Waals surface area contributed by atoms with Crippen molar-refractivity contribution in [1.29, 1.82) is 0 Å². The summed E-state index contributed by atoms with van der Waals surface area (Å²) >= 11 is 12.9. The Labute approximate surface area is 235 Å². The van der Waals surface area contributed by atoms with Gasteiger partial charge in [0, 0.05) is 34.9 Å². The number of aromatic nitrogens is 2. The number of hydrogen-bond donors (Lipinski definition) is 0. The van der Waals surface area contributed by atoms with E-state index in [0.717, 1.165) is 68.8 Å². The molecule has 4 saturated carbocycles. The monoisotopic (exact) mass is 574 g/mol. The normalized spacial score (nSPS) is 24.1. The first-order valence-corrected chi connectivity index (χ1v) is 14.0. The molecule has 0 radical (unpaired) electrons. The van der Waals surface area contributed by atoms with Crippen molar-refractivity contribution in [2.24, 2.45) is 5.41 Å². The van der Waals surface area contributed by atoms with Gasteiger partial charge in [0.15, 0.2) is 11.6 Å². The minimum atomic E-state index is -0.579. The molecule has 1 aromatic carbocycles. The van der Waals surface area contributed by atoms with Crippen LogP contribution in [0.5, 0.6) is 5.75 Å². The molecule has 7 rings (SSSR count). The van der Waals surface area contributed by atoms with E-state index in [1.54, 1.807) is 12.4 Å². The fraction of sp³-hybridized carbons (Fsp3) is 0.483. The van der Waals surface area contributed by atoms with Gasteiger partial charge in [0.2, 0.25) is 0 Å². The van der Waals surface area contributed by atoms with Gasteiger partial charge >= 0.3 is 5.97 Å². The third-order valence-corrected chi connectivity index (χ3v) is 9.17. The quantitative estimate of drug-likeness (QED) is 0.244. The maximum Gasteiger partial charge on any atom is 0.337 e. The lowest BCUT2D eigenvalue weighted by atomic mass is 9.59. The second kappa shape index (κ2) is 10.4. The first-order valence-electron chi connectivity index (χ1n) is 13.2. The summed E-state index contributed by atoms with van der Waals surface area (Å²) in [6.07, 6.45) is 10.7. The lowest BCUT2D eigenvalue weighted by molar-refractivity contribution is -0.150. The second-order valence-corrected chi connectivity index (χ2v) is 11.8. The summed E-state index contributed by atoms with van der Waals surface area (Å²) in [5.74, 6) is 0.219. The topological polar surface area (TPSA) is 83.7 Å². The number of ether oxygens (including phenoxy) is 3. The van der Waals surface area contributed by atoms with Crippen LogP contribution in [0.25, 0.3) is 11.3 Å². The Morgan fingerprint density at radius 2 is 1.79 bits per heavy atom. The van der Waals surface area contributed by atoms with Crippen LogP contribution in [0.2, 0.25) is 10.0 Å². The molecule has 4 aliphatic rings. The highest BCUT2D eigenvalue weighted by molar-refractivity contribution is 6.38. The Kier molecular flexibility index (Phi) is 7.06. The fourth-order valence-corrected chi connectivity index (χ4v) is 6.49. The first-order chi connectivity index (χ1) is 18.8. The second-order valence-electron chi connectivity index (χ2n) is 11.0. The van der Waals surface area contributed by atoms with Crippen molar-refractivity contribution in [1.82, 2.24) is 10.1 Å². The van der Waals surface area contributed by atoms with Gasteiger partial charge in [-0.3, -0.25) is 4.98 Å². The van der Waals surface area contributed by atoms with Crippen molar-refractivity contribution >= 4 is 29.2 Å². The molecule has 39 heavy (non-hydrogen) atoms. The molecule has 0 saturated heterocycles. The number of hydrogen-bond acceptors (Lipinski definition) is 7. The van der Waals surface area contributed by atoms with Crippen LogP contribution < -0.4 is 4.74 Å². The van der Waals surface area contributed by atoms with E-state index in [0.29, 0.717) is 40.4 Å². The maximum atomic E-state index is 14.5. The summed E-state index contributed by atoms with van der Waals surface area (Å²) in [4.78, 5) is 15.7. The molecular weight excluding hydrogens is 546 g/mol. The van der Waals surface area contributed by atoms with E-state index in [1.165, 1.54) is 19.2 Å².